The molecule has 3 aliphatic heterocycles. The van der Waals surface area contributed by atoms with Gasteiger partial charge in [0.15, 0.2) is 0 Å². The first-order valence-electron chi connectivity index (χ1n) is 10.2. The van der Waals surface area contributed by atoms with Gasteiger partial charge in [-0.2, -0.15) is 0 Å². The van der Waals surface area contributed by atoms with Crippen LogP contribution in [0.3, 0.4) is 0 Å². The maximum absolute atomic E-state index is 13.4. The van der Waals surface area contributed by atoms with Crippen molar-refractivity contribution in [2.45, 2.75) is 31.3 Å². The first-order valence-corrected chi connectivity index (χ1v) is 10.2. The van der Waals surface area contributed by atoms with Gasteiger partial charge in [0.25, 0.3) is 0 Å². The third kappa shape index (κ3) is 3.73. The topological polar surface area (TPSA) is 55.9 Å². The molecule has 6 nitrogen and oxygen atoms in total. The Hall–Kier alpha value is -1.92. The van der Waals surface area contributed by atoms with Gasteiger partial charge in [-0.1, -0.05) is 30.3 Å². The van der Waals surface area contributed by atoms with Crippen LogP contribution in [0.2, 0.25) is 0 Å². The Balaban J connectivity index is 1.49. The Kier molecular flexibility index (Phi) is 5.45. The highest BCUT2D eigenvalue weighted by Gasteiger charge is 2.42. The summed E-state index contributed by atoms with van der Waals surface area (Å²) < 4.78 is 0. The summed E-state index contributed by atoms with van der Waals surface area (Å²) in [5.41, 5.74) is 1.06. The summed E-state index contributed by atoms with van der Waals surface area (Å²) >= 11 is 0. The predicted octanol–water partition coefficient (Wildman–Crippen LogP) is 1.10. The number of likely N-dealkylation sites (tertiary alicyclic amines) is 2. The molecule has 0 aromatic heterocycles. The van der Waals surface area contributed by atoms with Crippen molar-refractivity contribution < 1.29 is 9.59 Å². The van der Waals surface area contributed by atoms with Gasteiger partial charge in [0.2, 0.25) is 11.8 Å². The first-order chi connectivity index (χ1) is 13.1. The van der Waals surface area contributed by atoms with Gasteiger partial charge >= 0.3 is 0 Å². The second-order valence-corrected chi connectivity index (χ2v) is 8.02. The highest BCUT2D eigenvalue weighted by Crippen LogP contribution is 2.37. The van der Waals surface area contributed by atoms with Crippen LogP contribution in [-0.2, 0) is 9.59 Å². The van der Waals surface area contributed by atoms with Crippen molar-refractivity contribution in [3.05, 3.63) is 35.9 Å². The van der Waals surface area contributed by atoms with E-state index >= 15 is 0 Å². The summed E-state index contributed by atoms with van der Waals surface area (Å²) in [5, 5.41) is 3.40. The van der Waals surface area contributed by atoms with Gasteiger partial charge < -0.3 is 15.1 Å². The van der Waals surface area contributed by atoms with Crippen molar-refractivity contribution in [3.63, 3.8) is 0 Å². The highest BCUT2D eigenvalue weighted by atomic mass is 16.2. The molecule has 0 bridgehead atoms. The number of hydrogen-bond acceptors (Lipinski definition) is 4. The molecule has 2 amide bonds. The third-order valence-electron chi connectivity index (χ3n) is 6.46. The van der Waals surface area contributed by atoms with E-state index in [-0.39, 0.29) is 23.8 Å². The number of nitrogens with one attached hydrogen (secondary N) is 1. The van der Waals surface area contributed by atoms with Crippen LogP contribution in [-0.4, -0.2) is 78.9 Å². The molecule has 3 aliphatic rings. The molecule has 3 unspecified atom stereocenters. The number of benzene rings is 1. The maximum Gasteiger partial charge on any atom is 0.228 e. The fraction of sp³-hybridized carbons (Fsp3) is 0.619. The number of piperazine rings is 1. The minimum atomic E-state index is -0.154. The zero-order valence-corrected chi connectivity index (χ0v) is 16.1. The van der Waals surface area contributed by atoms with Crippen molar-refractivity contribution in [3.8, 4) is 0 Å². The average Bonchev–Trinajstić information content (AvgIpc) is 3.21. The highest BCUT2D eigenvalue weighted by molar-refractivity contribution is 5.85. The number of carbonyl (C=O) groups is 2. The van der Waals surface area contributed by atoms with E-state index in [2.05, 4.69) is 15.1 Å². The molecule has 1 aromatic carbocycles. The predicted molar refractivity (Wildman–Crippen MR) is 104 cm³/mol. The van der Waals surface area contributed by atoms with E-state index < -0.39 is 0 Å². The van der Waals surface area contributed by atoms with Crippen molar-refractivity contribution >= 4 is 11.8 Å². The SMILES string of the molecule is CN1C(=O)CCC(C(=O)N2CCC(N3CCNCC3)C2)C1c1ccccc1. The van der Waals surface area contributed by atoms with Crippen molar-refractivity contribution in [2.75, 3.05) is 46.3 Å². The second kappa shape index (κ2) is 7.98. The minimum absolute atomic E-state index is 0.132. The molecular formula is C21H30N4O2. The molecule has 6 heteroatoms. The number of hydrogen-bond donors (Lipinski definition) is 1. The monoisotopic (exact) mass is 370 g/mol. The lowest BCUT2D eigenvalue weighted by Gasteiger charge is -2.40. The number of amides is 2. The summed E-state index contributed by atoms with van der Waals surface area (Å²) in [6.45, 7) is 5.88. The second-order valence-electron chi connectivity index (χ2n) is 8.02. The summed E-state index contributed by atoms with van der Waals surface area (Å²) in [6.07, 6.45) is 2.17. The average molecular weight is 370 g/mol. The molecule has 3 fully saturated rings. The smallest absolute Gasteiger partial charge is 0.228 e. The van der Waals surface area contributed by atoms with Gasteiger partial charge in [-0.05, 0) is 18.4 Å². The van der Waals surface area contributed by atoms with E-state index in [1.54, 1.807) is 4.90 Å². The van der Waals surface area contributed by atoms with Gasteiger partial charge in [-0.25, -0.2) is 0 Å². The van der Waals surface area contributed by atoms with Crippen LogP contribution in [0.15, 0.2) is 30.3 Å². The molecule has 3 heterocycles. The first kappa shape index (κ1) is 18.4. The lowest BCUT2D eigenvalue weighted by atomic mass is 9.83. The van der Waals surface area contributed by atoms with Crippen molar-refractivity contribution in [2.24, 2.45) is 5.92 Å². The van der Waals surface area contributed by atoms with Crippen LogP contribution < -0.4 is 5.32 Å². The van der Waals surface area contributed by atoms with E-state index in [0.29, 0.717) is 18.9 Å². The van der Waals surface area contributed by atoms with E-state index in [0.717, 1.165) is 51.3 Å². The van der Waals surface area contributed by atoms with E-state index in [1.165, 1.54) is 0 Å². The Morgan fingerprint density at radius 3 is 2.56 bits per heavy atom. The minimum Gasteiger partial charge on any atom is -0.341 e. The zero-order chi connectivity index (χ0) is 18.8. The van der Waals surface area contributed by atoms with Crippen molar-refractivity contribution in [1.82, 2.24) is 20.0 Å². The van der Waals surface area contributed by atoms with E-state index in [9.17, 15) is 9.59 Å². The molecule has 0 radical (unpaired) electrons. The van der Waals surface area contributed by atoms with Gasteiger partial charge in [0, 0.05) is 58.8 Å². The van der Waals surface area contributed by atoms with Crippen LogP contribution in [0.5, 0.6) is 0 Å². The summed E-state index contributed by atoms with van der Waals surface area (Å²) in [5.74, 6) is 0.214. The molecule has 4 rings (SSSR count). The molecule has 3 atom stereocenters. The van der Waals surface area contributed by atoms with E-state index in [1.807, 2.05) is 37.4 Å². The lowest BCUT2D eigenvalue weighted by Crippen LogP contribution is -2.50. The Morgan fingerprint density at radius 2 is 1.81 bits per heavy atom. The van der Waals surface area contributed by atoms with Crippen LogP contribution in [0.4, 0.5) is 0 Å². The van der Waals surface area contributed by atoms with Gasteiger partial charge in [0.1, 0.15) is 0 Å². The van der Waals surface area contributed by atoms with Crippen LogP contribution in [0, 0.1) is 5.92 Å². The van der Waals surface area contributed by atoms with Gasteiger partial charge in [0.05, 0.1) is 12.0 Å². The molecule has 0 aliphatic carbocycles. The molecule has 1 aromatic rings. The molecule has 146 valence electrons. The third-order valence-corrected chi connectivity index (χ3v) is 6.46. The maximum atomic E-state index is 13.4. The standard InChI is InChI=1S/C21H30N4O2/c1-23-19(26)8-7-18(20(23)16-5-3-2-4-6-16)21(27)25-12-9-17(15-25)24-13-10-22-11-14-24/h2-6,17-18,20,22H,7-15H2,1H3. The summed E-state index contributed by atoms with van der Waals surface area (Å²) in [7, 11) is 1.84. The lowest BCUT2D eigenvalue weighted by molar-refractivity contribution is -0.146. The quantitative estimate of drug-likeness (QED) is 0.866. The normalized spacial score (nSPS) is 30.0. The van der Waals surface area contributed by atoms with Crippen LogP contribution >= 0.6 is 0 Å². The summed E-state index contributed by atoms with van der Waals surface area (Å²) in [4.78, 5) is 32.1. The number of rotatable bonds is 3. The number of nitrogens with zero attached hydrogens (tertiary/aromatic N) is 3. The molecule has 0 spiro atoms. The van der Waals surface area contributed by atoms with Crippen molar-refractivity contribution in [1.29, 1.82) is 0 Å². The largest absolute Gasteiger partial charge is 0.341 e. The fourth-order valence-corrected chi connectivity index (χ4v) is 4.92. The van der Waals surface area contributed by atoms with Gasteiger partial charge in [-0.15, -0.1) is 0 Å². The molecular weight excluding hydrogens is 340 g/mol. The zero-order valence-electron chi connectivity index (χ0n) is 16.1. The molecule has 0 saturated carbocycles. The molecule has 1 N–H and O–H groups in total. The van der Waals surface area contributed by atoms with Crippen LogP contribution in [0.1, 0.15) is 30.9 Å². The molecule has 27 heavy (non-hydrogen) atoms. The number of piperidine rings is 1. The van der Waals surface area contributed by atoms with Gasteiger partial charge in [-0.3, -0.25) is 14.5 Å². The Morgan fingerprint density at radius 1 is 1.07 bits per heavy atom. The van der Waals surface area contributed by atoms with Crippen LogP contribution in [0.25, 0.3) is 0 Å². The Labute approximate surface area is 161 Å². The fourth-order valence-electron chi connectivity index (χ4n) is 4.92. The van der Waals surface area contributed by atoms with E-state index in [4.69, 9.17) is 0 Å². The molecule has 3 saturated heterocycles. The Bertz CT molecular complexity index is 674. The number of carbonyl (C=O) groups excluding carboxylic acids is 2. The summed E-state index contributed by atoms with van der Waals surface area (Å²) in [6, 6.07) is 10.3.